The van der Waals surface area contributed by atoms with E-state index < -0.39 is 69.5 Å². The van der Waals surface area contributed by atoms with Crippen LogP contribution in [0.4, 0.5) is 5.69 Å². The Balaban J connectivity index is 1.93. The summed E-state index contributed by atoms with van der Waals surface area (Å²) in [6, 6.07) is 0.505. The molecule has 1 fully saturated rings. The summed E-state index contributed by atoms with van der Waals surface area (Å²) >= 11 is 0. The molecule has 12 nitrogen and oxygen atoms in total. The van der Waals surface area contributed by atoms with Crippen LogP contribution in [0.15, 0.2) is 29.0 Å². The van der Waals surface area contributed by atoms with Crippen molar-refractivity contribution in [2.75, 3.05) is 33.1 Å². The third kappa shape index (κ3) is 4.74. The van der Waals surface area contributed by atoms with Crippen molar-refractivity contribution in [2.45, 2.75) is 50.8 Å². The fourth-order valence-corrected chi connectivity index (χ4v) is 6.41. The molecule has 42 heavy (non-hydrogen) atoms. The van der Waals surface area contributed by atoms with Crippen LogP contribution in [0, 0.1) is 11.8 Å². The minimum Gasteiger partial charge on any atom is -0.508 e. The predicted octanol–water partition coefficient (Wildman–Crippen LogP) is 0.958. The summed E-state index contributed by atoms with van der Waals surface area (Å²) in [5.74, 6) is -7.56. The van der Waals surface area contributed by atoms with E-state index in [9.17, 15) is 39.6 Å². The number of fused-ring (bicyclic) bond motifs is 3. The van der Waals surface area contributed by atoms with Crippen molar-refractivity contribution in [1.29, 1.82) is 0 Å². The van der Waals surface area contributed by atoms with Crippen molar-refractivity contribution in [3.05, 3.63) is 45.7 Å². The topological polar surface area (TPSA) is 194 Å². The maximum absolute atomic E-state index is 14.0. The minimum atomic E-state index is -2.72. The number of amides is 2. The molecule has 2 amide bonds. The summed E-state index contributed by atoms with van der Waals surface area (Å²) in [6.45, 7) is 5.46. The van der Waals surface area contributed by atoms with Gasteiger partial charge in [0.05, 0.1) is 11.6 Å². The van der Waals surface area contributed by atoms with Gasteiger partial charge in [-0.2, -0.15) is 0 Å². The number of carbonyl (C=O) groups excluding carboxylic acids is 4. The number of nitrogens with zero attached hydrogens (tertiary/aromatic N) is 2. The van der Waals surface area contributed by atoms with Gasteiger partial charge in [0.2, 0.25) is 11.7 Å². The van der Waals surface area contributed by atoms with Crippen LogP contribution in [0.1, 0.15) is 43.9 Å². The fraction of sp³-hybridized carbons (Fsp3) is 0.467. The average Bonchev–Trinajstić information content (AvgIpc) is 2.84. The van der Waals surface area contributed by atoms with Crippen molar-refractivity contribution >= 4 is 40.9 Å². The molecule has 0 spiro atoms. The number of aliphatic hydroxyl groups excluding tert-OH is 2. The molecule has 4 rings (SSSR count). The van der Waals surface area contributed by atoms with Gasteiger partial charge in [-0.15, -0.1) is 0 Å². The highest BCUT2D eigenvalue weighted by molar-refractivity contribution is 6.24. The second kappa shape index (κ2) is 10.3. The zero-order chi connectivity index (χ0) is 31.6. The highest BCUT2D eigenvalue weighted by Crippen LogP contribution is 2.54. The van der Waals surface area contributed by atoms with E-state index in [1.54, 1.807) is 39.2 Å². The number of Topliss-reactive ketones (excluding diaryl/α,β-unsaturated/α-hetero) is 2. The van der Waals surface area contributed by atoms with E-state index in [2.05, 4.69) is 5.32 Å². The number of aliphatic hydroxyl groups is 3. The third-order valence-electron chi connectivity index (χ3n) is 8.12. The normalized spacial score (nSPS) is 25.9. The molecule has 1 unspecified atom stereocenters. The number of hydrogen-bond acceptors (Lipinski definition) is 10. The molecule has 0 radical (unpaired) electrons. The molecule has 0 bridgehead atoms. The van der Waals surface area contributed by atoms with Gasteiger partial charge in [-0.3, -0.25) is 24.1 Å². The molecule has 4 atom stereocenters. The number of benzene rings is 1. The molecule has 1 aromatic carbocycles. The van der Waals surface area contributed by atoms with E-state index in [0.29, 0.717) is 11.3 Å². The van der Waals surface area contributed by atoms with E-state index in [0.717, 1.165) is 0 Å². The number of phenols is 1. The van der Waals surface area contributed by atoms with E-state index in [-0.39, 0.29) is 35.3 Å². The number of ketones is 2. The van der Waals surface area contributed by atoms with Gasteiger partial charge < -0.3 is 36.4 Å². The first-order valence-corrected chi connectivity index (χ1v) is 13.5. The second-order valence-electron chi connectivity index (χ2n) is 12.6. The molecule has 0 aliphatic heterocycles. The Morgan fingerprint density at radius 1 is 1.12 bits per heavy atom. The number of anilines is 1. The Bertz CT molecular complexity index is 1500. The van der Waals surface area contributed by atoms with Gasteiger partial charge in [0.1, 0.15) is 22.8 Å². The van der Waals surface area contributed by atoms with E-state index in [1.165, 1.54) is 17.1 Å². The van der Waals surface area contributed by atoms with Crippen LogP contribution in [0.2, 0.25) is 0 Å². The summed E-state index contributed by atoms with van der Waals surface area (Å²) in [4.78, 5) is 55.1. The van der Waals surface area contributed by atoms with Gasteiger partial charge >= 0.3 is 0 Å². The van der Waals surface area contributed by atoms with Crippen molar-refractivity contribution in [3.63, 3.8) is 0 Å². The summed E-state index contributed by atoms with van der Waals surface area (Å²) < 4.78 is 0. The van der Waals surface area contributed by atoms with Crippen LogP contribution < -0.4 is 16.0 Å². The monoisotopic (exact) mass is 582 g/mol. The van der Waals surface area contributed by atoms with Crippen LogP contribution in [0.25, 0.3) is 11.8 Å². The number of carbonyl (C=O) groups is 4. The Morgan fingerprint density at radius 3 is 2.26 bits per heavy atom. The number of nitrogens with two attached hydrogens (primary N) is 1. The minimum absolute atomic E-state index is 0.00593. The van der Waals surface area contributed by atoms with E-state index in [4.69, 9.17) is 5.73 Å². The Morgan fingerprint density at radius 2 is 1.74 bits per heavy atom. The summed E-state index contributed by atoms with van der Waals surface area (Å²) in [6.07, 6.45) is 2.79. The molecule has 0 saturated heterocycles. The summed E-state index contributed by atoms with van der Waals surface area (Å²) in [5.41, 5.74) is 2.34. The largest absolute Gasteiger partial charge is 0.508 e. The van der Waals surface area contributed by atoms with E-state index in [1.807, 2.05) is 20.8 Å². The molecule has 1 aromatic rings. The van der Waals surface area contributed by atoms with Crippen LogP contribution >= 0.6 is 0 Å². The van der Waals surface area contributed by atoms with Gasteiger partial charge in [0, 0.05) is 48.5 Å². The molecule has 12 heteroatoms. The SMILES string of the molecule is CN(C)c1cc(/C=C/C(=O)NC(C)(C)C)c(O)c2c1C[C@H]1C[C@H]3C(N(C)C)C(=O)C(C(N)=O)=C(O)[C@@]3(O)C(=O)C1=C2O. The average molecular weight is 583 g/mol. The second-order valence-corrected chi connectivity index (χ2v) is 12.6. The summed E-state index contributed by atoms with van der Waals surface area (Å²) in [7, 11) is 6.63. The first-order chi connectivity index (χ1) is 19.3. The van der Waals surface area contributed by atoms with Gasteiger partial charge in [0.25, 0.3) is 5.91 Å². The lowest BCUT2D eigenvalue weighted by atomic mass is 9.57. The fourth-order valence-electron chi connectivity index (χ4n) is 6.41. The molecule has 226 valence electrons. The molecule has 7 N–H and O–H groups in total. The highest BCUT2D eigenvalue weighted by Gasteiger charge is 2.64. The van der Waals surface area contributed by atoms with E-state index >= 15 is 0 Å². The lowest BCUT2D eigenvalue weighted by Crippen LogP contribution is -2.65. The lowest BCUT2D eigenvalue weighted by molar-refractivity contribution is -0.153. The number of aromatic hydroxyl groups is 1. The van der Waals surface area contributed by atoms with Gasteiger partial charge in [0.15, 0.2) is 11.4 Å². The molecule has 3 aliphatic rings. The molecule has 0 aromatic heterocycles. The van der Waals surface area contributed by atoms with Crippen molar-refractivity contribution < 1.29 is 39.6 Å². The number of rotatable bonds is 5. The molecular weight excluding hydrogens is 544 g/mol. The maximum atomic E-state index is 14.0. The van der Waals surface area contributed by atoms with Crippen LogP contribution in [0.5, 0.6) is 5.75 Å². The number of phenolic OH excluding ortho intramolecular Hbond substituents is 1. The first kappa shape index (κ1) is 30.8. The molecular formula is C30H38N4O8. The standard InChI is InChI=1S/C30H38N4O8/c1-29(2,3)32-18(35)9-8-13-12-17(33(4)5)15-10-14-11-16-22(34(6)7)25(38)21(28(31)41)27(40)30(16,42)26(39)19(14)24(37)20(15)23(13)36/h8-9,12,14,16,22,36-37,40,42H,10-11H2,1-7H3,(H2,31,41)(H,32,35)/b9-8+/t14-,16-,22?,30-/m0/s1. The highest BCUT2D eigenvalue weighted by atomic mass is 16.3. The quantitative estimate of drug-likeness (QED) is 0.215. The van der Waals surface area contributed by atoms with Crippen molar-refractivity contribution in [1.82, 2.24) is 10.2 Å². The predicted molar refractivity (Wildman–Crippen MR) is 156 cm³/mol. The molecule has 0 heterocycles. The summed E-state index contributed by atoms with van der Waals surface area (Å²) in [5, 5.41) is 48.4. The number of nitrogens with one attached hydrogen (secondary N) is 1. The first-order valence-electron chi connectivity index (χ1n) is 13.5. The number of primary amides is 1. The molecule has 1 saturated carbocycles. The lowest BCUT2D eigenvalue weighted by Gasteiger charge is -2.50. The van der Waals surface area contributed by atoms with Crippen LogP contribution in [-0.4, -0.2) is 94.1 Å². The maximum Gasteiger partial charge on any atom is 0.255 e. The zero-order valence-corrected chi connectivity index (χ0v) is 24.8. The van der Waals surface area contributed by atoms with Crippen molar-refractivity contribution in [2.24, 2.45) is 17.6 Å². The third-order valence-corrected chi connectivity index (χ3v) is 8.12. The molecule has 3 aliphatic carbocycles. The van der Waals surface area contributed by atoms with Crippen LogP contribution in [0.3, 0.4) is 0 Å². The Labute approximate surface area is 243 Å². The Hall–Kier alpha value is -4.16. The van der Waals surface area contributed by atoms with Crippen LogP contribution in [-0.2, 0) is 25.6 Å². The van der Waals surface area contributed by atoms with Gasteiger partial charge in [-0.25, -0.2) is 0 Å². The van der Waals surface area contributed by atoms with Gasteiger partial charge in [-0.1, -0.05) is 0 Å². The Kier molecular flexibility index (Phi) is 7.54. The smallest absolute Gasteiger partial charge is 0.255 e. The zero-order valence-electron chi connectivity index (χ0n) is 24.8. The van der Waals surface area contributed by atoms with Gasteiger partial charge in [-0.05, 0) is 71.3 Å². The number of likely N-dealkylation sites (N-methyl/N-ethyl adjacent to an activating group) is 1. The number of hydrogen-bond donors (Lipinski definition) is 6. The van der Waals surface area contributed by atoms with Crippen molar-refractivity contribution in [3.8, 4) is 5.75 Å².